The van der Waals surface area contributed by atoms with Crippen molar-refractivity contribution in [1.82, 2.24) is 4.98 Å². The molecule has 4 nitrogen and oxygen atoms in total. The third kappa shape index (κ3) is 3.97. The van der Waals surface area contributed by atoms with E-state index in [0.717, 1.165) is 5.52 Å². The topological polar surface area (TPSA) is 79.2 Å². The first-order chi connectivity index (χ1) is 6.70. The van der Waals surface area contributed by atoms with Crippen molar-refractivity contribution in [2.75, 3.05) is 0 Å². The third-order valence-corrected chi connectivity index (χ3v) is 1.51. The van der Waals surface area contributed by atoms with Gasteiger partial charge in [0.25, 0.3) is 0 Å². The number of pyridine rings is 1. The molecule has 14 heavy (non-hydrogen) atoms. The van der Waals surface area contributed by atoms with Crippen molar-refractivity contribution in [3.05, 3.63) is 42.6 Å². The summed E-state index contributed by atoms with van der Waals surface area (Å²) in [4.78, 5) is 4.18. The zero-order valence-corrected chi connectivity index (χ0v) is 9.29. The van der Waals surface area contributed by atoms with Crippen LogP contribution in [-0.2, 0) is 0 Å². The fourth-order valence-electron chi connectivity index (χ4n) is 1.02. The third-order valence-electron chi connectivity index (χ3n) is 1.51. The minimum absolute atomic E-state index is 1.06. The molecule has 0 fully saturated rings. The highest BCUT2D eigenvalue weighted by atomic mass is 127. The zero-order chi connectivity index (χ0) is 10.4. The Bertz CT molecular complexity index is 326. The molecule has 1 aromatic heterocycles. The van der Waals surface area contributed by atoms with Gasteiger partial charge in [0.2, 0.25) is 0 Å². The SMILES string of the molecule is [O-][I+2]([O-])O.c1ccc2ncccc2c1. The normalized spacial score (nSPS) is 9.71. The predicted molar refractivity (Wildman–Crippen MR) is 44.0 cm³/mol. The highest BCUT2D eigenvalue weighted by Gasteiger charge is 1.90. The highest BCUT2D eigenvalue weighted by Crippen LogP contribution is 2.07. The molecule has 0 unspecified atom stereocenters. The van der Waals surface area contributed by atoms with Crippen LogP contribution in [0.1, 0.15) is 0 Å². The molecular weight excluding hydrogens is 297 g/mol. The number of fused-ring (bicyclic) bond motifs is 1. The number of halogens is 1. The molecule has 0 spiro atoms. The quantitative estimate of drug-likeness (QED) is 0.508. The van der Waals surface area contributed by atoms with Gasteiger partial charge in [-0.2, -0.15) is 0 Å². The Balaban J connectivity index is 0.000000213. The van der Waals surface area contributed by atoms with Crippen molar-refractivity contribution < 1.29 is 31.4 Å². The van der Waals surface area contributed by atoms with Crippen molar-refractivity contribution in [3.63, 3.8) is 0 Å². The van der Waals surface area contributed by atoms with Gasteiger partial charge in [0.1, 0.15) is 0 Å². The second kappa shape index (κ2) is 5.86. The lowest BCUT2D eigenvalue weighted by Crippen LogP contribution is -3.98. The molecule has 5 heteroatoms. The van der Waals surface area contributed by atoms with Gasteiger partial charge >= 0.3 is 21.1 Å². The van der Waals surface area contributed by atoms with E-state index in [0.29, 0.717) is 0 Å². The Hall–Kier alpha value is -0.760. The maximum absolute atomic E-state index is 8.68. The molecule has 1 N–H and O–H groups in total. The molecule has 1 aromatic carbocycles. The highest BCUT2D eigenvalue weighted by molar-refractivity contribution is 5.77. The van der Waals surface area contributed by atoms with Crippen LogP contribution in [0.3, 0.4) is 0 Å². The summed E-state index contributed by atoms with van der Waals surface area (Å²) >= 11 is -3.76. The average Bonchev–Trinajstić information content (AvgIpc) is 2.17. The minimum Gasteiger partial charge on any atom is -0.396 e. The van der Waals surface area contributed by atoms with Crippen LogP contribution >= 0.6 is 0 Å². The van der Waals surface area contributed by atoms with Crippen LogP contribution in [0.25, 0.3) is 10.9 Å². The summed E-state index contributed by atoms with van der Waals surface area (Å²) in [5.74, 6) is 0. The Labute approximate surface area is 89.9 Å². The summed E-state index contributed by atoms with van der Waals surface area (Å²) in [5, 5.41) is 1.20. The number of hydrogen-bond donors (Lipinski definition) is 1. The van der Waals surface area contributed by atoms with Gasteiger partial charge in [0.05, 0.1) is 5.52 Å². The molecule has 74 valence electrons. The lowest BCUT2D eigenvalue weighted by molar-refractivity contribution is -1.63. The summed E-state index contributed by atoms with van der Waals surface area (Å²) in [7, 11) is 0. The van der Waals surface area contributed by atoms with E-state index in [4.69, 9.17) is 10.3 Å². The summed E-state index contributed by atoms with van der Waals surface area (Å²) in [6, 6.07) is 12.1. The monoisotopic (exact) mass is 305 g/mol. The molecule has 0 aliphatic heterocycles. The lowest BCUT2D eigenvalue weighted by Gasteiger charge is -1.91. The van der Waals surface area contributed by atoms with E-state index in [-0.39, 0.29) is 0 Å². The number of rotatable bonds is 0. The van der Waals surface area contributed by atoms with E-state index in [1.165, 1.54) is 5.39 Å². The molecule has 2 rings (SSSR count). The van der Waals surface area contributed by atoms with Gasteiger partial charge in [0.15, 0.2) is 0 Å². The average molecular weight is 305 g/mol. The van der Waals surface area contributed by atoms with E-state index in [1.54, 1.807) is 0 Å². The molecule has 0 radical (unpaired) electrons. The molecule has 0 atom stereocenters. The fourth-order valence-corrected chi connectivity index (χ4v) is 1.02. The van der Waals surface area contributed by atoms with Crippen LogP contribution in [0.4, 0.5) is 0 Å². The zero-order valence-electron chi connectivity index (χ0n) is 7.13. The molecule has 2 aromatic rings. The Morgan fingerprint density at radius 3 is 2.29 bits per heavy atom. The van der Waals surface area contributed by atoms with Crippen molar-refractivity contribution >= 4 is 10.9 Å². The number of nitrogens with zero attached hydrogens (tertiary/aromatic N) is 1. The van der Waals surface area contributed by atoms with Crippen LogP contribution in [0.15, 0.2) is 42.6 Å². The van der Waals surface area contributed by atoms with E-state index in [9.17, 15) is 0 Å². The molecule has 0 aliphatic rings. The van der Waals surface area contributed by atoms with Gasteiger partial charge in [-0.1, -0.05) is 24.3 Å². The lowest BCUT2D eigenvalue weighted by atomic mass is 10.2. The first-order valence-electron chi connectivity index (χ1n) is 3.74. The fraction of sp³-hybridized carbons (Fsp3) is 0. The molecule has 0 saturated carbocycles. The molecule has 0 aliphatic carbocycles. The van der Waals surface area contributed by atoms with Gasteiger partial charge < -0.3 is 6.87 Å². The van der Waals surface area contributed by atoms with Crippen molar-refractivity contribution in [2.24, 2.45) is 0 Å². The van der Waals surface area contributed by atoms with Crippen molar-refractivity contribution in [3.8, 4) is 0 Å². The molecule has 1 heterocycles. The number of benzene rings is 1. The number of para-hydroxylation sites is 1. The summed E-state index contributed by atoms with van der Waals surface area (Å²) in [5.41, 5.74) is 1.06. The van der Waals surface area contributed by atoms with Crippen LogP contribution in [-0.4, -0.2) is 8.42 Å². The minimum atomic E-state index is -3.76. The first kappa shape index (κ1) is 11.3. The standard InChI is InChI=1S/C9H7N.HIO3/c1-2-6-9-8(4-1)5-3-7-10-9;2-1(3)4/h1-7H;2H. The van der Waals surface area contributed by atoms with Crippen LogP contribution in [0.2, 0.25) is 0 Å². The maximum atomic E-state index is 8.68. The van der Waals surface area contributed by atoms with Gasteiger partial charge in [-0.3, -0.25) is 4.98 Å². The Morgan fingerprint density at radius 1 is 1.07 bits per heavy atom. The Kier molecular flexibility index (Phi) is 4.74. The van der Waals surface area contributed by atoms with Gasteiger partial charge in [-0.15, -0.1) is 0 Å². The van der Waals surface area contributed by atoms with Crippen LogP contribution in [0.5, 0.6) is 0 Å². The summed E-state index contributed by atoms with van der Waals surface area (Å²) in [6.45, 7) is 0. The van der Waals surface area contributed by atoms with Crippen LogP contribution < -0.4 is 27.9 Å². The van der Waals surface area contributed by atoms with E-state index in [1.807, 2.05) is 30.5 Å². The molecule has 0 saturated heterocycles. The van der Waals surface area contributed by atoms with Crippen LogP contribution in [0, 0.1) is 0 Å². The molecular formula is C9H8INO3. The predicted octanol–water partition coefficient (Wildman–Crippen LogP) is -3.70. The van der Waals surface area contributed by atoms with Gasteiger partial charge in [0, 0.05) is 11.6 Å². The van der Waals surface area contributed by atoms with Gasteiger partial charge in [-0.05, 0) is 15.6 Å². The van der Waals surface area contributed by atoms with E-state index >= 15 is 0 Å². The maximum Gasteiger partial charge on any atom is 0.503 e. The second-order valence-electron chi connectivity index (χ2n) is 2.40. The van der Waals surface area contributed by atoms with E-state index < -0.39 is 21.1 Å². The number of hydrogen-bond acceptors (Lipinski definition) is 4. The largest absolute Gasteiger partial charge is 0.503 e. The first-order valence-corrected chi connectivity index (χ1v) is 6.47. The second-order valence-corrected chi connectivity index (χ2v) is 3.54. The van der Waals surface area contributed by atoms with Crippen molar-refractivity contribution in [1.29, 1.82) is 0 Å². The van der Waals surface area contributed by atoms with E-state index in [2.05, 4.69) is 17.1 Å². The summed E-state index contributed by atoms with van der Waals surface area (Å²) in [6.07, 6.45) is 1.81. The number of aromatic nitrogens is 1. The Morgan fingerprint density at radius 2 is 1.64 bits per heavy atom. The van der Waals surface area contributed by atoms with Crippen molar-refractivity contribution in [2.45, 2.75) is 0 Å². The molecule has 0 bridgehead atoms. The summed E-state index contributed by atoms with van der Waals surface area (Å²) < 4.78 is 24.5. The smallest absolute Gasteiger partial charge is 0.396 e. The molecule has 0 amide bonds. The van der Waals surface area contributed by atoms with Gasteiger partial charge in [-0.25, -0.2) is 0 Å².